The number of rotatable bonds is 3. The molecule has 4 rings (SSSR count). The van der Waals surface area contributed by atoms with Gasteiger partial charge in [-0.15, -0.1) is 11.8 Å². The maximum atomic E-state index is 13.8. The predicted octanol–water partition coefficient (Wildman–Crippen LogP) is 5.55. The van der Waals surface area contributed by atoms with Crippen LogP contribution in [0.1, 0.15) is 49.4 Å². The van der Waals surface area contributed by atoms with Crippen molar-refractivity contribution >= 4 is 23.6 Å². The van der Waals surface area contributed by atoms with Crippen molar-refractivity contribution in [1.29, 1.82) is 10.5 Å². The Hall–Kier alpha value is -3.02. The molecule has 4 nitrogen and oxygen atoms in total. The highest BCUT2D eigenvalue weighted by Crippen LogP contribution is 2.60. The van der Waals surface area contributed by atoms with Crippen LogP contribution in [0.15, 0.2) is 59.6 Å². The van der Waals surface area contributed by atoms with Crippen molar-refractivity contribution in [3.8, 4) is 12.1 Å². The lowest BCUT2D eigenvalue weighted by Gasteiger charge is -2.36. The van der Waals surface area contributed by atoms with Gasteiger partial charge in [-0.3, -0.25) is 4.79 Å². The number of thioether (sulfide) groups is 1. The molecular weight excluding hydrogens is 402 g/mol. The van der Waals surface area contributed by atoms with Gasteiger partial charge in [-0.25, -0.2) is 0 Å². The summed E-state index contributed by atoms with van der Waals surface area (Å²) in [5.74, 6) is -0.529. The minimum absolute atomic E-state index is 0.0350. The predicted molar refractivity (Wildman–Crippen MR) is 123 cm³/mol. The first kappa shape index (κ1) is 21.2. The lowest BCUT2D eigenvalue weighted by atomic mass is 9.66. The van der Waals surface area contributed by atoms with Crippen LogP contribution in [0, 0.1) is 33.5 Å². The van der Waals surface area contributed by atoms with E-state index in [1.807, 2.05) is 92.7 Å². The van der Waals surface area contributed by atoms with E-state index in [1.54, 1.807) is 11.8 Å². The average molecular weight is 428 g/mol. The maximum Gasteiger partial charge on any atom is 0.177 e. The van der Waals surface area contributed by atoms with Crippen molar-refractivity contribution in [2.45, 2.75) is 43.7 Å². The Morgan fingerprint density at radius 1 is 1.06 bits per heavy atom. The van der Waals surface area contributed by atoms with Gasteiger partial charge in [-0.1, -0.05) is 57.2 Å². The number of nitriles is 2. The molecule has 0 radical (unpaired) electrons. The normalized spacial score (nSPS) is 23.4. The van der Waals surface area contributed by atoms with E-state index in [0.29, 0.717) is 0 Å². The number of carbonyl (C=O) groups is 1. The van der Waals surface area contributed by atoms with Gasteiger partial charge >= 0.3 is 0 Å². The van der Waals surface area contributed by atoms with E-state index in [4.69, 9.17) is 0 Å². The van der Waals surface area contributed by atoms with E-state index in [0.717, 1.165) is 21.6 Å². The Labute approximate surface area is 188 Å². The van der Waals surface area contributed by atoms with Crippen LogP contribution < -0.4 is 0 Å². The molecule has 156 valence electrons. The van der Waals surface area contributed by atoms with E-state index >= 15 is 0 Å². The Morgan fingerprint density at radius 3 is 2.29 bits per heavy atom. The van der Waals surface area contributed by atoms with Crippen LogP contribution in [0.2, 0.25) is 0 Å². The number of fused-ring (bicyclic) bond motifs is 3. The van der Waals surface area contributed by atoms with Gasteiger partial charge in [0, 0.05) is 22.4 Å². The summed E-state index contributed by atoms with van der Waals surface area (Å²) in [7, 11) is 0. The van der Waals surface area contributed by atoms with Crippen LogP contribution in [-0.4, -0.2) is 23.0 Å². The molecule has 2 aromatic rings. The molecule has 2 heterocycles. The molecule has 0 unspecified atom stereocenters. The number of nitrogens with zero attached hydrogens (tertiary/aromatic N) is 3. The second kappa shape index (κ2) is 7.59. The van der Waals surface area contributed by atoms with E-state index < -0.39 is 28.8 Å². The van der Waals surface area contributed by atoms with Crippen molar-refractivity contribution in [2.24, 2.45) is 10.8 Å². The van der Waals surface area contributed by atoms with Crippen molar-refractivity contribution in [2.75, 3.05) is 6.26 Å². The lowest BCUT2D eigenvalue weighted by Crippen LogP contribution is -2.43. The van der Waals surface area contributed by atoms with Crippen LogP contribution >= 0.6 is 11.8 Å². The van der Waals surface area contributed by atoms with E-state index in [9.17, 15) is 15.3 Å². The van der Waals surface area contributed by atoms with Crippen molar-refractivity contribution in [1.82, 2.24) is 4.90 Å². The summed E-state index contributed by atoms with van der Waals surface area (Å²) in [5.41, 5.74) is 0.747. The molecular formula is C26H25N3OS. The molecule has 0 aliphatic carbocycles. The number of ketones is 1. The Kier molecular flexibility index (Phi) is 5.20. The topological polar surface area (TPSA) is 67.9 Å². The minimum Gasteiger partial charge on any atom is -0.357 e. The number of hydrogen-bond acceptors (Lipinski definition) is 5. The van der Waals surface area contributed by atoms with Gasteiger partial charge in [-0.2, -0.15) is 10.5 Å². The summed E-state index contributed by atoms with van der Waals surface area (Å²) in [5, 5.41) is 21.0. The quantitative estimate of drug-likeness (QED) is 0.601. The maximum absolute atomic E-state index is 13.8. The van der Waals surface area contributed by atoms with E-state index in [2.05, 4.69) is 12.1 Å². The molecule has 0 aromatic heterocycles. The first-order valence-electron chi connectivity index (χ1n) is 10.3. The van der Waals surface area contributed by atoms with Crippen LogP contribution in [-0.2, 0) is 4.79 Å². The SMILES string of the molecule is CSc1ccc([C@@H]2[C@@H](C(=O)C(C)(C)C)N3C=Cc4ccccc4[C@@H]3C2(C#N)C#N)cc1. The fourth-order valence-electron chi connectivity index (χ4n) is 4.92. The zero-order valence-electron chi connectivity index (χ0n) is 18.2. The third-order valence-corrected chi connectivity index (χ3v) is 7.17. The zero-order valence-corrected chi connectivity index (χ0v) is 19.0. The minimum atomic E-state index is -1.40. The van der Waals surface area contributed by atoms with Crippen LogP contribution in [0.4, 0.5) is 0 Å². The molecule has 2 aromatic carbocycles. The molecule has 1 fully saturated rings. The fraction of sp³-hybridized carbons (Fsp3) is 0.346. The summed E-state index contributed by atoms with van der Waals surface area (Å²) in [4.78, 5) is 16.8. The fourth-order valence-corrected chi connectivity index (χ4v) is 5.33. The van der Waals surface area contributed by atoms with Crippen molar-refractivity contribution in [3.05, 3.63) is 71.4 Å². The molecule has 5 heteroatoms. The van der Waals surface area contributed by atoms with E-state index in [1.165, 1.54) is 0 Å². The van der Waals surface area contributed by atoms with E-state index in [-0.39, 0.29) is 5.78 Å². The highest BCUT2D eigenvalue weighted by molar-refractivity contribution is 7.98. The van der Waals surface area contributed by atoms with Crippen LogP contribution in [0.3, 0.4) is 0 Å². The number of Topliss-reactive ketones (excluding diaryl/α,β-unsaturated/α-hetero) is 1. The smallest absolute Gasteiger partial charge is 0.177 e. The van der Waals surface area contributed by atoms with Crippen molar-refractivity contribution < 1.29 is 4.79 Å². The van der Waals surface area contributed by atoms with Crippen LogP contribution in [0.25, 0.3) is 6.08 Å². The molecule has 2 aliphatic heterocycles. The van der Waals surface area contributed by atoms with Crippen LogP contribution in [0.5, 0.6) is 0 Å². The second-order valence-corrected chi connectivity index (χ2v) is 10.1. The zero-order chi connectivity index (χ0) is 22.4. The second-order valence-electron chi connectivity index (χ2n) is 9.20. The average Bonchev–Trinajstić information content (AvgIpc) is 3.08. The Bertz CT molecular complexity index is 1120. The molecule has 0 bridgehead atoms. The first-order chi connectivity index (χ1) is 14.8. The summed E-state index contributed by atoms with van der Waals surface area (Å²) < 4.78 is 0. The largest absolute Gasteiger partial charge is 0.357 e. The molecule has 2 aliphatic rings. The monoisotopic (exact) mass is 427 g/mol. The highest BCUT2D eigenvalue weighted by atomic mass is 32.2. The van der Waals surface area contributed by atoms with Gasteiger partial charge in [0.15, 0.2) is 11.2 Å². The molecule has 0 amide bonds. The number of hydrogen-bond donors (Lipinski definition) is 0. The van der Waals surface area contributed by atoms with Crippen molar-refractivity contribution in [3.63, 3.8) is 0 Å². The molecule has 0 spiro atoms. The van der Waals surface area contributed by atoms with Gasteiger partial charge in [-0.05, 0) is 41.2 Å². The Morgan fingerprint density at radius 2 is 1.71 bits per heavy atom. The van der Waals surface area contributed by atoms with Gasteiger partial charge < -0.3 is 4.90 Å². The third kappa shape index (κ3) is 3.16. The third-order valence-electron chi connectivity index (χ3n) is 6.43. The first-order valence-corrected chi connectivity index (χ1v) is 11.6. The molecule has 0 N–H and O–H groups in total. The van der Waals surface area contributed by atoms with Gasteiger partial charge in [0.25, 0.3) is 0 Å². The Balaban J connectivity index is 2.00. The van der Waals surface area contributed by atoms with Gasteiger partial charge in [0.1, 0.15) is 0 Å². The lowest BCUT2D eigenvalue weighted by molar-refractivity contribution is -0.130. The van der Waals surface area contributed by atoms with Gasteiger partial charge in [0.05, 0.1) is 24.2 Å². The molecule has 1 saturated heterocycles. The number of benzene rings is 2. The highest BCUT2D eigenvalue weighted by Gasteiger charge is 2.64. The summed E-state index contributed by atoms with van der Waals surface area (Å²) >= 11 is 1.64. The summed E-state index contributed by atoms with van der Waals surface area (Å²) in [6.07, 6.45) is 5.89. The molecule has 31 heavy (non-hydrogen) atoms. The summed E-state index contributed by atoms with van der Waals surface area (Å²) in [6.45, 7) is 5.70. The van der Waals surface area contributed by atoms with Gasteiger partial charge in [0.2, 0.25) is 0 Å². The standard InChI is InChI=1S/C26H25N3OS/c1-25(2,3)24(30)22-21(18-9-11-19(31-4)12-10-18)26(15-27,16-28)23-20-8-6-5-7-17(20)13-14-29(22)23/h5-14,21-23H,1-4H3/t21-,22+,23-/m1/s1. The summed E-state index contributed by atoms with van der Waals surface area (Å²) in [6, 6.07) is 19.4. The molecule has 3 atom stereocenters. The molecule has 0 saturated carbocycles. The number of carbonyl (C=O) groups excluding carboxylic acids is 1.